The zero-order valence-corrected chi connectivity index (χ0v) is 32.4. The van der Waals surface area contributed by atoms with Crippen molar-refractivity contribution in [2.24, 2.45) is 0 Å². The Morgan fingerprint density at radius 3 is 2.02 bits per heavy atom. The maximum Gasteiger partial charge on any atom is 0.407 e. The number of methoxy groups -OCH3 is 2. The number of rotatable bonds is 11. The summed E-state index contributed by atoms with van der Waals surface area (Å²) in [6.07, 6.45) is 4.26. The number of benzene rings is 4. The fraction of sp³-hybridized carbons (Fsp3) is 0.289. The van der Waals surface area contributed by atoms with E-state index in [1.54, 1.807) is 11.1 Å². The summed E-state index contributed by atoms with van der Waals surface area (Å²) in [5, 5.41) is 2.72. The summed E-state index contributed by atoms with van der Waals surface area (Å²) >= 11 is 0. The molecule has 4 heterocycles. The average Bonchev–Trinajstić information content (AvgIpc) is 4.11. The van der Waals surface area contributed by atoms with Crippen molar-refractivity contribution >= 4 is 34.9 Å². The third-order valence-corrected chi connectivity index (χ3v) is 11.3. The number of likely N-dealkylation sites (tertiary alicyclic amines) is 2. The van der Waals surface area contributed by atoms with Gasteiger partial charge in [-0.2, -0.15) is 0 Å². The molecule has 296 valence electrons. The van der Waals surface area contributed by atoms with E-state index in [1.807, 2.05) is 89.8 Å². The summed E-state index contributed by atoms with van der Waals surface area (Å²) in [6, 6.07) is 31.5. The number of aromatic amines is 2. The molecule has 2 aliphatic heterocycles. The monoisotopic (exact) mass is 779 g/mol. The Balaban J connectivity index is 0.972. The number of fused-ring (bicyclic) bond motifs is 1. The molecule has 0 radical (unpaired) electrons. The highest BCUT2D eigenvalue weighted by Gasteiger charge is 2.38. The fourth-order valence-corrected chi connectivity index (χ4v) is 8.25. The number of H-pyrrole nitrogens is 2. The van der Waals surface area contributed by atoms with Gasteiger partial charge in [0.15, 0.2) is 0 Å². The molecule has 4 aromatic carbocycles. The molecule has 3 amide bonds. The number of imidazole rings is 2. The summed E-state index contributed by atoms with van der Waals surface area (Å²) < 4.78 is 9.78. The molecule has 0 aliphatic carbocycles. The van der Waals surface area contributed by atoms with Crippen molar-refractivity contribution in [3.63, 3.8) is 0 Å². The molecule has 2 fully saturated rings. The third kappa shape index (κ3) is 7.80. The molecule has 2 saturated heterocycles. The van der Waals surface area contributed by atoms with Crippen molar-refractivity contribution in [1.82, 2.24) is 35.1 Å². The summed E-state index contributed by atoms with van der Waals surface area (Å²) in [4.78, 5) is 72.7. The van der Waals surface area contributed by atoms with Crippen molar-refractivity contribution in [3.8, 4) is 22.4 Å². The maximum atomic E-state index is 14.0. The van der Waals surface area contributed by atoms with E-state index in [0.29, 0.717) is 30.3 Å². The smallest absolute Gasteiger partial charge is 0.407 e. The van der Waals surface area contributed by atoms with Crippen LogP contribution in [0.3, 0.4) is 0 Å². The largest absolute Gasteiger partial charge is 0.469 e. The molecular weight excluding hydrogens is 735 g/mol. The minimum Gasteiger partial charge on any atom is -0.469 e. The standard InChI is InChI=1S/C45H45N7O6/c1-57-39(53)26-33(29-11-5-3-6-12-29)43(54)51-23-9-15-37(51)41-46-27-36(49-41)30-19-17-28(18-20-30)32-21-22-34-35(25-32)48-42(47-34)38-16-10-24-52(38)44(55)40(50-45(56)58-2)31-13-7-4-8-14-31/h3-8,11-14,17-22,25,27,33,37-38,40H,9-10,15-16,23-24,26H2,1-2H3,(H,46,49)(H,47,48)(H,50,56)/t33-,37+,38+,40-/m1/s1. The van der Waals surface area contributed by atoms with Gasteiger partial charge in [-0.1, -0.05) is 91.0 Å². The Morgan fingerprint density at radius 2 is 1.34 bits per heavy atom. The van der Waals surface area contributed by atoms with Gasteiger partial charge in [0.25, 0.3) is 5.91 Å². The first-order valence-electron chi connectivity index (χ1n) is 19.6. The Bertz CT molecular complexity index is 2410. The van der Waals surface area contributed by atoms with Crippen LogP contribution in [0.15, 0.2) is 109 Å². The number of carbonyl (C=O) groups excluding carboxylic acids is 4. The number of carbonyl (C=O) groups is 4. The van der Waals surface area contributed by atoms with Gasteiger partial charge in [-0.25, -0.2) is 14.8 Å². The number of hydrogen-bond acceptors (Lipinski definition) is 8. The number of alkyl carbamates (subject to hydrolysis) is 1. The fourth-order valence-electron chi connectivity index (χ4n) is 8.25. The van der Waals surface area contributed by atoms with Crippen LogP contribution in [0.1, 0.15) is 78.9 Å². The molecule has 6 aromatic rings. The predicted molar refractivity (Wildman–Crippen MR) is 217 cm³/mol. The number of amides is 3. The van der Waals surface area contributed by atoms with E-state index in [-0.39, 0.29) is 30.3 Å². The van der Waals surface area contributed by atoms with Crippen molar-refractivity contribution in [1.29, 1.82) is 0 Å². The second-order valence-corrected chi connectivity index (χ2v) is 14.7. The van der Waals surface area contributed by atoms with Crippen LogP contribution in [0, 0.1) is 0 Å². The lowest BCUT2D eigenvalue weighted by Crippen LogP contribution is -2.42. The SMILES string of the molecule is COC(=O)C[C@@H](C(=O)N1CCC[C@H]1c1ncc(-c2ccc(-c3ccc4nc([C@@H]5CCCN5C(=O)[C@H](NC(=O)OC)c5ccccc5)[nH]c4c3)cc2)[nH]1)c1ccccc1. The van der Waals surface area contributed by atoms with Crippen LogP contribution in [0.2, 0.25) is 0 Å². The van der Waals surface area contributed by atoms with Crippen LogP contribution < -0.4 is 5.32 Å². The number of esters is 1. The van der Waals surface area contributed by atoms with Gasteiger partial charge in [-0.05, 0) is 65.6 Å². The molecule has 2 aromatic heterocycles. The first kappa shape index (κ1) is 38.1. The van der Waals surface area contributed by atoms with Crippen LogP contribution in [-0.2, 0) is 23.9 Å². The molecule has 8 rings (SSSR count). The van der Waals surface area contributed by atoms with Crippen molar-refractivity contribution in [3.05, 3.63) is 132 Å². The molecule has 13 heteroatoms. The van der Waals surface area contributed by atoms with Gasteiger partial charge in [0.1, 0.15) is 17.7 Å². The van der Waals surface area contributed by atoms with Crippen LogP contribution >= 0.6 is 0 Å². The highest BCUT2D eigenvalue weighted by Crippen LogP contribution is 2.37. The number of ether oxygens (including phenoxy) is 2. The second kappa shape index (κ2) is 16.8. The molecule has 58 heavy (non-hydrogen) atoms. The first-order valence-corrected chi connectivity index (χ1v) is 19.6. The Morgan fingerprint density at radius 1 is 0.724 bits per heavy atom. The van der Waals surface area contributed by atoms with Crippen molar-refractivity contribution in [2.45, 2.75) is 56.1 Å². The Labute approximate surface area is 335 Å². The van der Waals surface area contributed by atoms with E-state index in [2.05, 4.69) is 33.5 Å². The van der Waals surface area contributed by atoms with Gasteiger partial charge in [0, 0.05) is 13.1 Å². The van der Waals surface area contributed by atoms with Crippen LogP contribution in [0.25, 0.3) is 33.4 Å². The maximum absolute atomic E-state index is 14.0. The van der Waals surface area contributed by atoms with E-state index >= 15 is 0 Å². The first-order chi connectivity index (χ1) is 28.3. The normalized spacial score (nSPS) is 17.6. The van der Waals surface area contributed by atoms with E-state index in [1.165, 1.54) is 14.2 Å². The zero-order valence-electron chi connectivity index (χ0n) is 32.4. The molecule has 0 saturated carbocycles. The summed E-state index contributed by atoms with van der Waals surface area (Å²) in [5.74, 6) is 0.0282. The minimum absolute atomic E-state index is 0.0276. The van der Waals surface area contributed by atoms with Gasteiger partial charge in [-0.3, -0.25) is 14.4 Å². The van der Waals surface area contributed by atoms with Gasteiger partial charge in [0.2, 0.25) is 5.91 Å². The van der Waals surface area contributed by atoms with E-state index < -0.39 is 24.0 Å². The van der Waals surface area contributed by atoms with Gasteiger partial charge < -0.3 is 34.6 Å². The van der Waals surface area contributed by atoms with Crippen LogP contribution in [0.4, 0.5) is 4.79 Å². The second-order valence-electron chi connectivity index (χ2n) is 14.7. The Kier molecular flexibility index (Phi) is 11.0. The van der Waals surface area contributed by atoms with Gasteiger partial charge >= 0.3 is 12.1 Å². The van der Waals surface area contributed by atoms with Crippen molar-refractivity contribution < 1.29 is 28.7 Å². The van der Waals surface area contributed by atoms with E-state index in [4.69, 9.17) is 19.4 Å². The molecule has 13 nitrogen and oxygen atoms in total. The molecular formula is C45H45N7O6. The lowest BCUT2D eigenvalue weighted by Gasteiger charge is -2.28. The quantitative estimate of drug-likeness (QED) is 0.115. The number of nitrogens with one attached hydrogen (secondary N) is 3. The Hall–Kier alpha value is -6.76. The molecule has 0 unspecified atom stereocenters. The third-order valence-electron chi connectivity index (χ3n) is 11.3. The molecule has 2 aliphatic rings. The number of hydrogen-bond donors (Lipinski definition) is 3. The zero-order chi connectivity index (χ0) is 40.2. The summed E-state index contributed by atoms with van der Waals surface area (Å²) in [7, 11) is 2.62. The van der Waals surface area contributed by atoms with Gasteiger partial charge in [-0.15, -0.1) is 0 Å². The van der Waals surface area contributed by atoms with Crippen LogP contribution in [0.5, 0.6) is 0 Å². The average molecular weight is 780 g/mol. The van der Waals surface area contributed by atoms with Gasteiger partial charge in [0.05, 0.1) is 61.6 Å². The predicted octanol–water partition coefficient (Wildman–Crippen LogP) is 7.39. The molecule has 4 atom stereocenters. The summed E-state index contributed by atoms with van der Waals surface area (Å²) in [5.41, 5.74) is 6.94. The topological polar surface area (TPSA) is 163 Å². The van der Waals surface area contributed by atoms with Crippen LogP contribution in [-0.4, -0.2) is 80.9 Å². The number of aromatic nitrogens is 4. The lowest BCUT2D eigenvalue weighted by atomic mass is 9.94. The highest BCUT2D eigenvalue weighted by atomic mass is 16.5. The highest BCUT2D eigenvalue weighted by molar-refractivity contribution is 5.89. The van der Waals surface area contributed by atoms with Crippen molar-refractivity contribution in [2.75, 3.05) is 27.3 Å². The van der Waals surface area contributed by atoms with E-state index in [9.17, 15) is 19.2 Å². The minimum atomic E-state index is -0.889. The molecule has 3 N–H and O–H groups in total. The van der Waals surface area contributed by atoms with E-state index in [0.717, 1.165) is 64.7 Å². The lowest BCUT2D eigenvalue weighted by molar-refractivity contribution is -0.145. The number of nitrogens with zero attached hydrogens (tertiary/aromatic N) is 4. The molecule has 0 spiro atoms. The summed E-state index contributed by atoms with van der Waals surface area (Å²) in [6.45, 7) is 1.13. The molecule has 0 bridgehead atoms.